The fourth-order valence-corrected chi connectivity index (χ4v) is 3.35. The number of likely N-dealkylation sites (tertiary alicyclic amines) is 1. The molecule has 0 radical (unpaired) electrons. The van der Waals surface area contributed by atoms with E-state index in [-0.39, 0.29) is 29.9 Å². The summed E-state index contributed by atoms with van der Waals surface area (Å²) in [7, 11) is 1.60. The molecule has 7 heteroatoms. The number of ether oxygens (including phenoxy) is 1. The first-order valence-corrected chi connectivity index (χ1v) is 7.11. The van der Waals surface area contributed by atoms with Crippen molar-refractivity contribution >= 4 is 11.8 Å². The van der Waals surface area contributed by atoms with E-state index in [1.54, 1.807) is 25.8 Å². The van der Waals surface area contributed by atoms with Gasteiger partial charge in [-0.15, -0.1) is 0 Å². The zero-order valence-corrected chi connectivity index (χ0v) is 12.4. The van der Waals surface area contributed by atoms with Crippen molar-refractivity contribution < 1.29 is 18.8 Å². The van der Waals surface area contributed by atoms with Gasteiger partial charge in [-0.25, -0.2) is 0 Å². The topological polar surface area (TPSA) is 84.7 Å². The number of aromatic nitrogens is 1. The Morgan fingerprint density at radius 1 is 1.38 bits per heavy atom. The molecule has 3 atom stereocenters. The molecule has 3 heterocycles. The highest BCUT2D eigenvalue weighted by Crippen LogP contribution is 2.35. The van der Waals surface area contributed by atoms with E-state index in [4.69, 9.17) is 9.26 Å². The first-order valence-electron chi connectivity index (χ1n) is 7.11. The second-order valence-electron chi connectivity index (χ2n) is 5.57. The van der Waals surface area contributed by atoms with Gasteiger partial charge in [0.15, 0.2) is 0 Å². The van der Waals surface area contributed by atoms with Crippen molar-refractivity contribution in [1.29, 1.82) is 0 Å². The maximum Gasteiger partial charge on any atom is 0.259 e. The lowest BCUT2D eigenvalue weighted by molar-refractivity contribution is -0.127. The van der Waals surface area contributed by atoms with E-state index in [0.29, 0.717) is 30.2 Å². The van der Waals surface area contributed by atoms with Crippen molar-refractivity contribution in [3.63, 3.8) is 0 Å². The van der Waals surface area contributed by atoms with E-state index in [1.165, 1.54) is 0 Å². The fraction of sp³-hybridized carbons (Fsp3) is 0.643. The van der Waals surface area contributed by atoms with Crippen LogP contribution in [0.4, 0.5) is 0 Å². The van der Waals surface area contributed by atoms with Crippen LogP contribution < -0.4 is 5.32 Å². The number of rotatable bonds is 2. The molecule has 7 nitrogen and oxygen atoms in total. The molecule has 21 heavy (non-hydrogen) atoms. The van der Waals surface area contributed by atoms with Crippen LogP contribution in [0.25, 0.3) is 0 Å². The number of amides is 2. The van der Waals surface area contributed by atoms with Crippen LogP contribution in [0, 0.1) is 19.8 Å². The normalized spacial score (nSPS) is 27.8. The molecule has 2 aliphatic heterocycles. The van der Waals surface area contributed by atoms with Crippen molar-refractivity contribution in [1.82, 2.24) is 15.4 Å². The molecule has 0 aromatic carbocycles. The van der Waals surface area contributed by atoms with Crippen LogP contribution in [0.1, 0.15) is 28.2 Å². The van der Waals surface area contributed by atoms with E-state index in [2.05, 4.69) is 10.5 Å². The van der Waals surface area contributed by atoms with E-state index < -0.39 is 0 Å². The Labute approximate surface area is 122 Å². The van der Waals surface area contributed by atoms with Gasteiger partial charge in [0.1, 0.15) is 11.3 Å². The monoisotopic (exact) mass is 293 g/mol. The van der Waals surface area contributed by atoms with Crippen LogP contribution in [0.15, 0.2) is 4.52 Å². The summed E-state index contributed by atoms with van der Waals surface area (Å²) < 4.78 is 10.8. The summed E-state index contributed by atoms with van der Waals surface area (Å²) in [6, 6.07) is -0.0477. The first-order chi connectivity index (χ1) is 10.0. The second-order valence-corrected chi connectivity index (χ2v) is 5.57. The van der Waals surface area contributed by atoms with E-state index >= 15 is 0 Å². The molecule has 0 bridgehead atoms. The standard InChI is InChI=1S/C14H19N3O4/c1-7-11(8(2)21-16-7)14(19)17-6-9(13(18)15-3)12-10(17)4-5-20-12/h9-10,12H,4-6H2,1-3H3,(H,15,18)/t9-,10+,12+/m1/s1. The highest BCUT2D eigenvalue weighted by Gasteiger charge is 2.50. The average Bonchev–Trinajstić information content (AvgIpc) is 3.13. The molecular formula is C14H19N3O4. The fourth-order valence-electron chi connectivity index (χ4n) is 3.35. The van der Waals surface area contributed by atoms with Crippen LogP contribution >= 0.6 is 0 Å². The molecule has 2 saturated heterocycles. The quantitative estimate of drug-likeness (QED) is 0.846. The highest BCUT2D eigenvalue weighted by molar-refractivity contribution is 5.97. The van der Waals surface area contributed by atoms with Crippen molar-refractivity contribution in [2.45, 2.75) is 32.4 Å². The number of hydrogen-bond acceptors (Lipinski definition) is 5. The lowest BCUT2D eigenvalue weighted by Crippen LogP contribution is -2.37. The molecule has 0 saturated carbocycles. The molecule has 0 spiro atoms. The number of aryl methyl sites for hydroxylation is 2. The Morgan fingerprint density at radius 2 is 2.14 bits per heavy atom. The molecule has 3 rings (SSSR count). The highest BCUT2D eigenvalue weighted by atomic mass is 16.5. The van der Waals surface area contributed by atoms with E-state index in [0.717, 1.165) is 6.42 Å². The summed E-state index contributed by atoms with van der Waals surface area (Å²) in [5.41, 5.74) is 1.08. The molecule has 114 valence electrons. The largest absolute Gasteiger partial charge is 0.375 e. The third kappa shape index (κ3) is 2.12. The molecule has 1 aromatic rings. The van der Waals surface area contributed by atoms with Crippen LogP contribution in [-0.4, -0.2) is 54.2 Å². The summed E-state index contributed by atoms with van der Waals surface area (Å²) in [5.74, 6) is -0.0117. The number of fused-ring (bicyclic) bond motifs is 1. The lowest BCUT2D eigenvalue weighted by atomic mass is 10.0. The van der Waals surface area contributed by atoms with Crippen LogP contribution in [0.3, 0.4) is 0 Å². The molecule has 1 aromatic heterocycles. The maximum atomic E-state index is 12.8. The Hall–Kier alpha value is -1.89. The van der Waals surface area contributed by atoms with Gasteiger partial charge in [0, 0.05) is 20.2 Å². The Balaban J connectivity index is 1.89. The Morgan fingerprint density at radius 3 is 2.76 bits per heavy atom. The molecular weight excluding hydrogens is 274 g/mol. The van der Waals surface area contributed by atoms with Gasteiger partial charge in [-0.1, -0.05) is 5.16 Å². The second kappa shape index (κ2) is 5.14. The summed E-state index contributed by atoms with van der Waals surface area (Å²) in [6.45, 7) is 4.42. The van der Waals surface area contributed by atoms with Gasteiger partial charge in [0.25, 0.3) is 5.91 Å². The van der Waals surface area contributed by atoms with E-state index in [1.807, 2.05) is 0 Å². The molecule has 0 aliphatic carbocycles. The lowest BCUT2D eigenvalue weighted by Gasteiger charge is -2.22. The number of carbonyl (C=O) groups excluding carboxylic acids is 2. The number of hydrogen-bond donors (Lipinski definition) is 1. The minimum absolute atomic E-state index is 0.0477. The van der Waals surface area contributed by atoms with E-state index in [9.17, 15) is 9.59 Å². The minimum Gasteiger partial charge on any atom is -0.375 e. The summed E-state index contributed by atoms with van der Waals surface area (Å²) >= 11 is 0. The molecule has 1 N–H and O–H groups in total. The Kier molecular flexibility index (Phi) is 3.44. The SMILES string of the molecule is CNC(=O)[C@@H]1CN(C(=O)c2c(C)noc2C)[C@H]2CCO[C@@H]12. The van der Waals surface area contributed by atoms with Gasteiger partial charge in [-0.2, -0.15) is 0 Å². The predicted octanol–water partition coefficient (Wildman–Crippen LogP) is 0.267. The Bertz CT molecular complexity index is 563. The van der Waals surface area contributed by atoms with Crippen molar-refractivity contribution in [3.8, 4) is 0 Å². The summed E-state index contributed by atoms with van der Waals surface area (Å²) in [4.78, 5) is 26.5. The first kappa shape index (κ1) is 14.1. The van der Waals surface area contributed by atoms with Gasteiger partial charge in [0.05, 0.1) is 23.8 Å². The third-order valence-corrected chi connectivity index (χ3v) is 4.38. The van der Waals surface area contributed by atoms with Gasteiger partial charge in [-0.3, -0.25) is 9.59 Å². The van der Waals surface area contributed by atoms with Gasteiger partial charge < -0.3 is 19.5 Å². The zero-order chi connectivity index (χ0) is 15.1. The molecule has 2 amide bonds. The summed E-state index contributed by atoms with van der Waals surface area (Å²) in [6.07, 6.45) is 0.544. The van der Waals surface area contributed by atoms with Gasteiger partial charge in [0.2, 0.25) is 5.91 Å². The minimum atomic E-state index is -0.313. The number of nitrogens with zero attached hydrogens (tertiary/aromatic N) is 2. The van der Waals surface area contributed by atoms with Gasteiger partial charge >= 0.3 is 0 Å². The average molecular weight is 293 g/mol. The third-order valence-electron chi connectivity index (χ3n) is 4.38. The van der Waals surface area contributed by atoms with Gasteiger partial charge in [-0.05, 0) is 20.3 Å². The van der Waals surface area contributed by atoms with Crippen molar-refractivity contribution in [2.24, 2.45) is 5.92 Å². The zero-order valence-electron chi connectivity index (χ0n) is 12.4. The number of carbonyl (C=O) groups is 2. The van der Waals surface area contributed by atoms with Crippen LogP contribution in [-0.2, 0) is 9.53 Å². The molecule has 2 fully saturated rings. The molecule has 2 aliphatic rings. The maximum absolute atomic E-state index is 12.8. The predicted molar refractivity (Wildman–Crippen MR) is 72.7 cm³/mol. The molecule has 0 unspecified atom stereocenters. The van der Waals surface area contributed by atoms with Crippen LogP contribution in [0.5, 0.6) is 0 Å². The van der Waals surface area contributed by atoms with Crippen LogP contribution in [0.2, 0.25) is 0 Å². The van der Waals surface area contributed by atoms with Crippen molar-refractivity contribution in [2.75, 3.05) is 20.2 Å². The smallest absolute Gasteiger partial charge is 0.259 e. The summed E-state index contributed by atoms with van der Waals surface area (Å²) in [5, 5.41) is 6.48. The van der Waals surface area contributed by atoms with Crippen molar-refractivity contribution in [3.05, 3.63) is 17.0 Å². The number of nitrogens with one attached hydrogen (secondary N) is 1.